The minimum atomic E-state index is -0.582. The maximum Gasteiger partial charge on any atom is 0.315 e. The number of aliphatic hydroxyl groups is 1. The van der Waals surface area contributed by atoms with Crippen molar-refractivity contribution in [2.75, 3.05) is 19.6 Å². The van der Waals surface area contributed by atoms with E-state index in [-0.39, 0.29) is 23.9 Å². The normalized spacial score (nSPS) is 37.9. The van der Waals surface area contributed by atoms with Gasteiger partial charge in [0.1, 0.15) is 12.0 Å². The molecule has 4 atom stereocenters. The van der Waals surface area contributed by atoms with E-state index >= 15 is 0 Å². The van der Waals surface area contributed by atoms with Crippen molar-refractivity contribution < 1.29 is 19.5 Å². The number of ether oxygens (including phenoxy) is 1. The number of esters is 1. The van der Waals surface area contributed by atoms with Gasteiger partial charge in [-0.1, -0.05) is 23.3 Å². The molecule has 2 aliphatic heterocycles. The number of quaternary nitrogens is 1. The lowest BCUT2D eigenvalue weighted by Gasteiger charge is -2.29. The molecule has 2 heterocycles. The Bertz CT molecular complexity index is 519. The van der Waals surface area contributed by atoms with E-state index in [0.717, 1.165) is 38.9 Å². The van der Waals surface area contributed by atoms with Crippen molar-refractivity contribution in [2.45, 2.75) is 64.6 Å². The van der Waals surface area contributed by atoms with E-state index in [4.69, 9.17) is 4.74 Å². The maximum absolute atomic E-state index is 12.6. The zero-order valence-corrected chi connectivity index (χ0v) is 15.1. The zero-order chi connectivity index (χ0) is 17.1. The van der Waals surface area contributed by atoms with E-state index in [2.05, 4.69) is 19.9 Å². The van der Waals surface area contributed by atoms with Crippen LogP contribution in [0, 0.1) is 11.8 Å². The summed E-state index contributed by atoms with van der Waals surface area (Å²) in [7, 11) is 0. The summed E-state index contributed by atoms with van der Waals surface area (Å²) in [5.74, 6) is -0.377. The van der Waals surface area contributed by atoms with Crippen LogP contribution in [0.25, 0.3) is 0 Å². The fourth-order valence-corrected chi connectivity index (χ4v) is 4.59. The molecule has 2 saturated heterocycles. The van der Waals surface area contributed by atoms with Crippen LogP contribution < -0.4 is 4.90 Å². The number of carbonyl (C=O) groups is 1. The highest BCUT2D eigenvalue weighted by Crippen LogP contribution is 2.36. The van der Waals surface area contributed by atoms with Crippen LogP contribution in [0.5, 0.6) is 0 Å². The van der Waals surface area contributed by atoms with Crippen molar-refractivity contribution in [3.8, 4) is 0 Å². The second kappa shape index (κ2) is 7.83. The fourth-order valence-electron chi connectivity index (χ4n) is 4.59. The third-order valence-electron chi connectivity index (χ3n) is 5.94. The van der Waals surface area contributed by atoms with Crippen LogP contribution in [-0.4, -0.2) is 42.9 Å². The third-order valence-corrected chi connectivity index (χ3v) is 5.94. The van der Waals surface area contributed by atoms with Gasteiger partial charge in [0.2, 0.25) is 0 Å². The fraction of sp³-hybridized carbons (Fsp3) is 0.750. The molecule has 0 spiro atoms. The van der Waals surface area contributed by atoms with Crippen molar-refractivity contribution in [1.82, 2.24) is 0 Å². The summed E-state index contributed by atoms with van der Waals surface area (Å²) in [6.45, 7) is 7.29. The first-order chi connectivity index (χ1) is 11.5. The van der Waals surface area contributed by atoms with Crippen LogP contribution in [0.2, 0.25) is 0 Å². The van der Waals surface area contributed by atoms with Gasteiger partial charge in [0, 0.05) is 12.3 Å². The summed E-state index contributed by atoms with van der Waals surface area (Å²) in [5, 5.41) is 10.8. The number of hydrogen-bond acceptors (Lipinski definition) is 3. The van der Waals surface area contributed by atoms with E-state index in [9.17, 15) is 9.90 Å². The number of rotatable bonds is 2. The zero-order valence-electron chi connectivity index (χ0n) is 15.1. The average Bonchev–Trinajstić information content (AvgIpc) is 2.83. The molecular formula is C20H32NO3+. The first-order valence-corrected chi connectivity index (χ1v) is 9.59. The third kappa shape index (κ3) is 4.09. The van der Waals surface area contributed by atoms with Crippen LogP contribution in [-0.2, 0) is 9.53 Å². The van der Waals surface area contributed by atoms with Gasteiger partial charge < -0.3 is 14.7 Å². The van der Waals surface area contributed by atoms with Crippen LogP contribution in [0.15, 0.2) is 23.3 Å². The Morgan fingerprint density at radius 3 is 2.71 bits per heavy atom. The smallest absolute Gasteiger partial charge is 0.315 e. The molecule has 4 heteroatoms. The summed E-state index contributed by atoms with van der Waals surface area (Å²) < 4.78 is 5.75. The summed E-state index contributed by atoms with van der Waals surface area (Å²) in [6.07, 6.45) is 9.97. The highest BCUT2D eigenvalue weighted by atomic mass is 16.6. The monoisotopic (exact) mass is 334 g/mol. The Balaban J connectivity index is 1.81. The van der Waals surface area contributed by atoms with Crippen molar-refractivity contribution in [3.63, 3.8) is 0 Å². The molecule has 134 valence electrons. The molecule has 0 aromatic rings. The predicted molar refractivity (Wildman–Crippen MR) is 93.6 cm³/mol. The molecular weight excluding hydrogens is 302 g/mol. The van der Waals surface area contributed by atoms with Crippen LogP contribution >= 0.6 is 0 Å². The van der Waals surface area contributed by atoms with Gasteiger partial charge in [0.15, 0.2) is 0 Å². The maximum atomic E-state index is 12.6. The average molecular weight is 334 g/mol. The molecule has 0 aromatic carbocycles. The van der Waals surface area contributed by atoms with Gasteiger partial charge in [-0.15, -0.1) is 0 Å². The Morgan fingerprint density at radius 2 is 1.96 bits per heavy atom. The van der Waals surface area contributed by atoms with Gasteiger partial charge in [-0.25, -0.2) is 0 Å². The number of carbonyl (C=O) groups excluding carboxylic acids is 1. The van der Waals surface area contributed by atoms with Crippen LogP contribution in [0.1, 0.15) is 52.4 Å². The first-order valence-electron chi connectivity index (χ1n) is 9.59. The number of allylic oxidation sites excluding steroid dienone is 2. The first kappa shape index (κ1) is 17.7. The Hall–Kier alpha value is -1.13. The standard InChI is InChI=1S/C20H31NO3/c1-14-7-6-8-15(2)12-18-19(17(22)11-14)16(20(23)24-18)13-21-9-4-3-5-10-21/h8,11,16-19,22H,3-7,9-10,12-13H2,1-2H3/p+1/b14-11?,15-8+/t16-,17-,18+,19+/m1/s1. The van der Waals surface area contributed by atoms with E-state index in [1.165, 1.54) is 35.3 Å². The molecule has 3 aliphatic rings. The van der Waals surface area contributed by atoms with E-state index in [1.807, 2.05) is 6.08 Å². The van der Waals surface area contributed by atoms with Crippen molar-refractivity contribution in [1.29, 1.82) is 0 Å². The van der Waals surface area contributed by atoms with Crippen molar-refractivity contribution in [3.05, 3.63) is 23.3 Å². The second-order valence-corrected chi connectivity index (χ2v) is 7.97. The largest absolute Gasteiger partial charge is 0.461 e. The molecule has 0 radical (unpaired) electrons. The molecule has 2 fully saturated rings. The molecule has 0 unspecified atom stereocenters. The van der Waals surface area contributed by atoms with Crippen molar-refractivity contribution in [2.24, 2.45) is 11.8 Å². The summed E-state index contributed by atoms with van der Waals surface area (Å²) in [5.41, 5.74) is 2.47. The topological polar surface area (TPSA) is 51.0 Å². The Morgan fingerprint density at radius 1 is 1.21 bits per heavy atom. The Labute approximate surface area is 145 Å². The number of piperidine rings is 1. The highest BCUT2D eigenvalue weighted by molar-refractivity contribution is 5.75. The SMILES string of the molecule is CC1=C[C@@H](O)[C@H]2[C@H](C/C(C)=C/CC1)OC(=O)[C@@H]2C[NH+]1CCCCC1. The van der Waals surface area contributed by atoms with Crippen LogP contribution in [0.3, 0.4) is 0 Å². The van der Waals surface area contributed by atoms with Gasteiger partial charge in [-0.05, 0) is 46.0 Å². The number of likely N-dealkylation sites (tertiary alicyclic amines) is 1. The van der Waals surface area contributed by atoms with Gasteiger partial charge >= 0.3 is 5.97 Å². The molecule has 0 aromatic heterocycles. The number of hydrogen-bond donors (Lipinski definition) is 2. The van der Waals surface area contributed by atoms with Gasteiger partial charge in [0.05, 0.1) is 25.7 Å². The minimum absolute atomic E-state index is 0.0970. The van der Waals surface area contributed by atoms with E-state index in [0.29, 0.717) is 0 Å². The summed E-state index contributed by atoms with van der Waals surface area (Å²) in [6, 6.07) is 0. The lowest BCUT2D eigenvalue weighted by atomic mass is 9.81. The molecule has 4 nitrogen and oxygen atoms in total. The molecule has 0 saturated carbocycles. The second-order valence-electron chi connectivity index (χ2n) is 7.97. The molecule has 1 aliphatic carbocycles. The van der Waals surface area contributed by atoms with Crippen molar-refractivity contribution >= 4 is 5.97 Å². The minimum Gasteiger partial charge on any atom is -0.461 e. The van der Waals surface area contributed by atoms with Gasteiger partial charge in [-0.3, -0.25) is 4.79 Å². The Kier molecular flexibility index (Phi) is 5.77. The quantitative estimate of drug-likeness (QED) is 0.596. The molecule has 3 rings (SSSR count). The predicted octanol–water partition coefficient (Wildman–Crippen LogP) is 1.65. The lowest BCUT2D eigenvalue weighted by molar-refractivity contribution is -0.907. The summed E-state index contributed by atoms with van der Waals surface area (Å²) in [4.78, 5) is 14.1. The van der Waals surface area contributed by atoms with Crippen LogP contribution in [0.4, 0.5) is 0 Å². The summed E-state index contributed by atoms with van der Waals surface area (Å²) >= 11 is 0. The highest BCUT2D eigenvalue weighted by Gasteiger charge is 2.49. The molecule has 0 bridgehead atoms. The van der Waals surface area contributed by atoms with E-state index < -0.39 is 6.10 Å². The number of nitrogens with one attached hydrogen (secondary N) is 1. The molecule has 0 amide bonds. The number of fused-ring (bicyclic) bond motifs is 1. The lowest BCUT2D eigenvalue weighted by Crippen LogP contribution is -3.13. The van der Waals surface area contributed by atoms with Gasteiger partial charge in [0.25, 0.3) is 0 Å². The van der Waals surface area contributed by atoms with E-state index in [1.54, 1.807) is 0 Å². The molecule has 24 heavy (non-hydrogen) atoms. The van der Waals surface area contributed by atoms with Gasteiger partial charge in [-0.2, -0.15) is 0 Å². The number of aliphatic hydroxyl groups excluding tert-OH is 1. The molecule has 2 N–H and O–H groups in total.